The van der Waals surface area contributed by atoms with Crippen LogP contribution in [0.15, 0.2) is 0 Å². The molecule has 0 aliphatic carbocycles. The zero-order chi connectivity index (χ0) is 12.6. The molecule has 25 heavy (non-hydrogen) atoms. The molecule has 0 aliphatic heterocycles. The largest absolute Gasteiger partial charge is 2.00 e. The van der Waals surface area contributed by atoms with Gasteiger partial charge in [-0.1, -0.05) is 0 Å². The molecule has 0 unspecified atom stereocenters. The summed E-state index contributed by atoms with van der Waals surface area (Å²) in [5, 5.41) is 13.9. The summed E-state index contributed by atoms with van der Waals surface area (Å²) in [4.78, 5) is 51.7. The molecule has 0 spiro atoms. The Bertz CT molecular complexity index is 261. The van der Waals surface area contributed by atoms with Crippen molar-refractivity contribution in [3.63, 3.8) is 0 Å². The van der Waals surface area contributed by atoms with Gasteiger partial charge in [-0.25, -0.2) is 13.9 Å². The van der Waals surface area contributed by atoms with E-state index in [0.717, 1.165) is 0 Å². The van der Waals surface area contributed by atoms with E-state index in [0.29, 0.717) is 0 Å². The number of hydrogen-bond donors (Lipinski definition) is 8. The molecule has 0 bridgehead atoms. The number of rotatable bonds is 0. The minimum atomic E-state index is -4.64. The first-order chi connectivity index (χ1) is 5.73. The molecule has 8 N–H and O–H groups in total. The van der Waals surface area contributed by atoms with E-state index in [4.69, 9.17) is 53.5 Å². The van der Waals surface area contributed by atoms with E-state index in [-0.39, 0.29) is 318 Å². The van der Waals surface area contributed by atoms with E-state index in [1.165, 1.54) is 0 Å². The fourth-order valence-corrected chi connectivity index (χ4v) is 0. The first-order valence-corrected chi connectivity index (χ1v) is 5.35. The van der Waals surface area contributed by atoms with Gasteiger partial charge >= 0.3 is 262 Å². The van der Waals surface area contributed by atoms with Gasteiger partial charge in [0.15, 0.2) is 0 Å². The monoisotopic (exact) mass is 688 g/mol. The van der Waals surface area contributed by atoms with Gasteiger partial charge in [-0.2, -0.15) is 0 Å². The van der Waals surface area contributed by atoms with Crippen molar-refractivity contribution in [1.29, 1.82) is 0 Å². The quantitative estimate of drug-likeness (QED) is 0.0937. The fourth-order valence-electron chi connectivity index (χ4n) is 0. The number of carbonyl (C=O) groups is 1. The smallest absolute Gasteiger partial charge is 1.00 e. The summed E-state index contributed by atoms with van der Waals surface area (Å²) in [5.41, 5.74) is 0. The molecule has 0 fully saturated rings. The molecule has 0 radical (unpaired) electrons. The van der Waals surface area contributed by atoms with Crippen LogP contribution < -0.4 is 51.4 Å². The molecule has 0 rings (SSSR count). The second kappa shape index (κ2) is 58.6. The SMILES string of the molecule is Cl.Cl.Cl.Cl.Cl.O=C(O)O.O=P(O)(O)O.O=P(O)(O)O.[Ca+2].[Ca+2].[Ca+2].[Ca+2].[Ca+2].[H-].[H-].[H-].[H-].[H-].[H-].[H-].[H-].[H-].[H-].[H-].[K+]. The van der Waals surface area contributed by atoms with E-state index in [1.54, 1.807) is 0 Å². The number of carboxylic acid groups (broad SMARTS) is 2. The molecule has 0 aromatic heterocycles. The summed E-state index contributed by atoms with van der Waals surface area (Å²) in [7, 11) is -9.28. The molecule has 24 heteroatoms. The molecule has 0 aromatic rings. The Kier molecular flexibility index (Phi) is 217. The average molecular weight is 691 g/mol. The predicted octanol–water partition coefficient (Wildman–Crippen LogP) is -3.19. The summed E-state index contributed by atoms with van der Waals surface area (Å²) in [5.74, 6) is 0. The van der Waals surface area contributed by atoms with Crippen molar-refractivity contribution in [3.05, 3.63) is 0 Å². The van der Waals surface area contributed by atoms with Crippen LogP contribution in [0.2, 0.25) is 0 Å². The summed E-state index contributed by atoms with van der Waals surface area (Å²) in [6, 6.07) is 0. The van der Waals surface area contributed by atoms with Gasteiger partial charge < -0.3 is 55.3 Å². The molecule has 150 valence electrons. The van der Waals surface area contributed by atoms with Crippen molar-refractivity contribution in [2.75, 3.05) is 0 Å². The Balaban J connectivity index is -0.00000000168. The Morgan fingerprint density at radius 3 is 0.560 bits per heavy atom. The Hall–Kier alpha value is 8.88. The first kappa shape index (κ1) is 92.7. The Morgan fingerprint density at radius 2 is 0.560 bits per heavy atom. The number of hydrogen-bond acceptors (Lipinski definition) is 3. The van der Waals surface area contributed by atoms with Gasteiger partial charge in [0.25, 0.3) is 0 Å². The van der Waals surface area contributed by atoms with E-state index in [1.807, 2.05) is 0 Å². The number of halogens is 5. The van der Waals surface area contributed by atoms with E-state index in [2.05, 4.69) is 0 Å². The molecular weight excluding hydrogens is 667 g/mol. The van der Waals surface area contributed by atoms with Crippen molar-refractivity contribution < 1.29 is 121 Å². The van der Waals surface area contributed by atoms with E-state index < -0.39 is 21.8 Å². The van der Waals surface area contributed by atoms with Gasteiger partial charge in [0.1, 0.15) is 0 Å². The Morgan fingerprint density at radius 1 is 0.560 bits per heavy atom. The maximum absolute atomic E-state index is 8.88. The summed E-state index contributed by atoms with van der Waals surface area (Å²) in [6.45, 7) is 0. The molecule has 0 saturated carbocycles. The maximum atomic E-state index is 8.88. The summed E-state index contributed by atoms with van der Waals surface area (Å²) >= 11 is 0. The van der Waals surface area contributed by atoms with Crippen molar-refractivity contribution in [1.82, 2.24) is 0 Å². The van der Waals surface area contributed by atoms with Gasteiger partial charge in [-0.3, -0.25) is 0 Å². The van der Waals surface area contributed by atoms with Crippen molar-refractivity contribution >= 4 is 273 Å². The van der Waals surface area contributed by atoms with Crippen LogP contribution >= 0.6 is 77.7 Å². The molecule has 0 amide bonds. The topological polar surface area (TPSA) is 213 Å². The number of phosphoric acid groups is 2. The van der Waals surface area contributed by atoms with Gasteiger partial charge in [0.05, 0.1) is 0 Å². The van der Waals surface area contributed by atoms with Gasteiger partial charge in [-0.15, -0.1) is 62.0 Å². The Labute approximate surface area is 383 Å². The van der Waals surface area contributed by atoms with Gasteiger partial charge in [0, 0.05) is 0 Å². The summed E-state index contributed by atoms with van der Waals surface area (Å²) < 4.78 is 17.8. The van der Waals surface area contributed by atoms with Crippen LogP contribution in [-0.2, 0) is 9.13 Å². The zero-order valence-corrected chi connectivity index (χ0v) is 32.8. The molecule has 11 nitrogen and oxygen atoms in total. The van der Waals surface area contributed by atoms with Crippen molar-refractivity contribution in [2.24, 2.45) is 0 Å². The third-order valence-corrected chi connectivity index (χ3v) is 0. The van der Waals surface area contributed by atoms with E-state index in [9.17, 15) is 0 Å². The second-order valence-electron chi connectivity index (χ2n) is 1.31. The van der Waals surface area contributed by atoms with Gasteiger partial charge in [0.2, 0.25) is 0 Å². The van der Waals surface area contributed by atoms with E-state index >= 15 is 0 Å². The van der Waals surface area contributed by atoms with Crippen LogP contribution in [-0.4, -0.2) is 234 Å². The van der Waals surface area contributed by atoms with Crippen molar-refractivity contribution in [2.45, 2.75) is 0 Å². The van der Waals surface area contributed by atoms with Crippen LogP contribution in [0.3, 0.4) is 0 Å². The standard InChI is InChI=1S/CH2O3.5Ca.5ClH.K.2H3O4P.11H/c2-1(3)4;;;;;;;;;;;;2*1-5(2,3)4;;;;;;;;;;;/h(H2,2,3,4);;;;;;5*1H;;2*(H3,1,2,3,4);;;;;;;;;;;/q;5*+2;;;;;;+1;;;11*-1. The summed E-state index contributed by atoms with van der Waals surface area (Å²) in [6.07, 6.45) is -1.83. The van der Waals surface area contributed by atoms with Gasteiger partial charge in [-0.05, 0) is 0 Å². The molecule has 0 aliphatic rings. The molecule has 0 aromatic carbocycles. The average Bonchev–Trinajstić information content (AvgIpc) is 1.45. The third kappa shape index (κ3) is 398. The van der Waals surface area contributed by atoms with Crippen LogP contribution in [0.25, 0.3) is 0 Å². The molecule has 0 atom stereocenters. The second-order valence-corrected chi connectivity index (χ2v) is 3.36. The normalized spacial score (nSPS) is 5.68. The zero-order valence-electron chi connectivity index (χ0n) is 23.8. The predicted molar refractivity (Wildman–Crippen MR) is 116 cm³/mol. The van der Waals surface area contributed by atoms with Crippen LogP contribution in [0.5, 0.6) is 0 Å². The molecule has 0 saturated heterocycles. The minimum absolute atomic E-state index is 0. The van der Waals surface area contributed by atoms with Crippen LogP contribution in [0.1, 0.15) is 15.7 Å². The van der Waals surface area contributed by atoms with Crippen molar-refractivity contribution in [3.8, 4) is 0 Å². The maximum Gasteiger partial charge on any atom is 2.00 e. The fraction of sp³-hybridized carbons (Fsp3) is 0. The molecule has 0 heterocycles. The first-order valence-electron chi connectivity index (χ1n) is 2.22. The van der Waals surface area contributed by atoms with Crippen LogP contribution in [0, 0.1) is 0 Å². The molecular formula is CH24Ca5Cl5KO11P2. The van der Waals surface area contributed by atoms with Crippen LogP contribution in [0.4, 0.5) is 4.79 Å². The minimum Gasteiger partial charge on any atom is -1.00 e. The third-order valence-electron chi connectivity index (χ3n) is 0.